The van der Waals surface area contributed by atoms with Crippen LogP contribution in [0.15, 0.2) is 0 Å². The lowest BCUT2D eigenvalue weighted by Gasteiger charge is -2.27. The number of amides is 1. The van der Waals surface area contributed by atoms with Crippen LogP contribution < -0.4 is 5.32 Å². The molecule has 2 unspecified atom stereocenters. The molecule has 0 spiro atoms. The Morgan fingerprint density at radius 2 is 2.16 bits per heavy atom. The van der Waals surface area contributed by atoms with E-state index >= 15 is 0 Å². The summed E-state index contributed by atoms with van der Waals surface area (Å²) in [5, 5.41) is 12.6. The summed E-state index contributed by atoms with van der Waals surface area (Å²) in [6.45, 7) is 2.72. The van der Waals surface area contributed by atoms with Crippen molar-refractivity contribution in [2.75, 3.05) is 12.3 Å². The zero-order valence-corrected chi connectivity index (χ0v) is 12.1. The van der Waals surface area contributed by atoms with E-state index < -0.39 is 12.0 Å². The summed E-state index contributed by atoms with van der Waals surface area (Å²) >= 11 is 1.60. The van der Waals surface area contributed by atoms with Gasteiger partial charge in [-0.25, -0.2) is 4.79 Å². The molecule has 1 heterocycles. The Hall–Kier alpha value is -0.750. The van der Waals surface area contributed by atoms with Gasteiger partial charge in [-0.3, -0.25) is 4.79 Å². The first kappa shape index (κ1) is 14.7. The lowest BCUT2D eigenvalue weighted by molar-refractivity contribution is -0.149. The Bertz CT molecular complexity index is 347. The molecule has 2 aliphatic rings. The van der Waals surface area contributed by atoms with Crippen LogP contribution in [0.2, 0.25) is 0 Å². The minimum Gasteiger partial charge on any atom is -0.480 e. The van der Waals surface area contributed by atoms with Crippen LogP contribution >= 0.6 is 11.8 Å². The van der Waals surface area contributed by atoms with Gasteiger partial charge < -0.3 is 15.3 Å². The molecule has 19 heavy (non-hydrogen) atoms. The maximum absolute atomic E-state index is 12.3. The van der Waals surface area contributed by atoms with Gasteiger partial charge in [-0.1, -0.05) is 13.3 Å². The first-order valence-electron chi connectivity index (χ1n) is 7.02. The third-order valence-electron chi connectivity index (χ3n) is 3.55. The second-order valence-corrected chi connectivity index (χ2v) is 6.42. The summed E-state index contributed by atoms with van der Waals surface area (Å²) in [5.41, 5.74) is 0. The largest absolute Gasteiger partial charge is 0.480 e. The fourth-order valence-corrected chi connectivity index (χ4v) is 3.89. The Balaban J connectivity index is 1.89. The van der Waals surface area contributed by atoms with E-state index in [1.165, 1.54) is 12.8 Å². The van der Waals surface area contributed by atoms with Crippen molar-refractivity contribution < 1.29 is 14.7 Å². The molecule has 1 saturated heterocycles. The highest BCUT2D eigenvalue weighted by molar-refractivity contribution is 8.00. The average molecular weight is 286 g/mol. The fourth-order valence-electron chi connectivity index (χ4n) is 2.36. The first-order valence-corrected chi connectivity index (χ1v) is 8.07. The van der Waals surface area contributed by atoms with E-state index in [1.807, 2.05) is 0 Å². The predicted molar refractivity (Wildman–Crippen MR) is 75.1 cm³/mol. The van der Waals surface area contributed by atoms with Crippen molar-refractivity contribution >= 4 is 23.6 Å². The van der Waals surface area contributed by atoms with E-state index in [0.29, 0.717) is 24.8 Å². The van der Waals surface area contributed by atoms with Crippen molar-refractivity contribution in [2.45, 2.75) is 56.5 Å². The molecule has 2 atom stereocenters. The summed E-state index contributed by atoms with van der Waals surface area (Å²) in [6.07, 6.45) is 4.64. The Labute approximate surface area is 118 Å². The van der Waals surface area contributed by atoms with Crippen molar-refractivity contribution in [3.63, 3.8) is 0 Å². The summed E-state index contributed by atoms with van der Waals surface area (Å²) < 4.78 is 0. The van der Waals surface area contributed by atoms with Crippen molar-refractivity contribution in [3.8, 4) is 0 Å². The number of carboxylic acid groups (broad SMARTS) is 1. The van der Waals surface area contributed by atoms with Gasteiger partial charge in [0.05, 0.1) is 5.37 Å². The number of thioether (sulfide) groups is 1. The molecule has 1 aliphatic carbocycles. The summed E-state index contributed by atoms with van der Waals surface area (Å²) in [4.78, 5) is 25.1. The van der Waals surface area contributed by atoms with Crippen LogP contribution in [0.3, 0.4) is 0 Å². The molecule has 2 fully saturated rings. The van der Waals surface area contributed by atoms with Gasteiger partial charge in [0.1, 0.15) is 6.04 Å². The molecule has 0 aromatic heterocycles. The molecule has 1 aliphatic heterocycles. The van der Waals surface area contributed by atoms with Crippen molar-refractivity contribution in [1.82, 2.24) is 10.2 Å². The van der Waals surface area contributed by atoms with Crippen molar-refractivity contribution in [1.29, 1.82) is 0 Å². The minimum atomic E-state index is -0.880. The lowest BCUT2D eigenvalue weighted by Crippen LogP contribution is -2.46. The van der Waals surface area contributed by atoms with E-state index in [9.17, 15) is 14.7 Å². The Kier molecular flexibility index (Phi) is 5.10. The number of carbonyl (C=O) groups is 2. The molecule has 0 bridgehead atoms. The van der Waals surface area contributed by atoms with E-state index in [-0.39, 0.29) is 11.3 Å². The Morgan fingerprint density at radius 3 is 2.74 bits per heavy atom. The van der Waals surface area contributed by atoms with Gasteiger partial charge in [0, 0.05) is 24.8 Å². The van der Waals surface area contributed by atoms with E-state index in [1.54, 1.807) is 16.7 Å². The van der Waals surface area contributed by atoms with Crippen LogP contribution in [-0.2, 0) is 9.59 Å². The number of rotatable bonds is 7. The molecule has 2 rings (SSSR count). The molecule has 1 amide bonds. The van der Waals surface area contributed by atoms with Gasteiger partial charge in [-0.2, -0.15) is 0 Å². The second-order valence-electron chi connectivity index (χ2n) is 5.21. The summed E-state index contributed by atoms with van der Waals surface area (Å²) in [7, 11) is 0. The van der Waals surface area contributed by atoms with Crippen LogP contribution in [-0.4, -0.2) is 51.6 Å². The second kappa shape index (κ2) is 6.61. The van der Waals surface area contributed by atoms with Crippen LogP contribution in [0.4, 0.5) is 0 Å². The van der Waals surface area contributed by atoms with Gasteiger partial charge in [0.25, 0.3) is 0 Å². The van der Waals surface area contributed by atoms with Gasteiger partial charge in [-0.15, -0.1) is 11.8 Å². The Morgan fingerprint density at radius 1 is 1.42 bits per heavy atom. The molecule has 0 aromatic carbocycles. The normalized spacial score (nSPS) is 26.7. The quantitative estimate of drug-likeness (QED) is 0.738. The van der Waals surface area contributed by atoms with Gasteiger partial charge in [-0.05, 0) is 19.3 Å². The van der Waals surface area contributed by atoms with Crippen LogP contribution in [0.1, 0.15) is 39.0 Å². The molecule has 2 N–H and O–H groups in total. The number of carboxylic acids is 1. The molecular formula is C13H22N2O3S. The molecule has 0 aromatic rings. The number of carbonyl (C=O) groups excluding carboxylic acids is 1. The zero-order valence-electron chi connectivity index (χ0n) is 11.3. The van der Waals surface area contributed by atoms with Gasteiger partial charge in [0.15, 0.2) is 0 Å². The maximum atomic E-state index is 12.3. The standard InChI is InChI=1S/C13H22N2O3S/c1-2-3-12-15(10(8-19-12)13(17)18)11(16)6-7-14-9-4-5-9/h9-10,12,14H,2-8H2,1H3,(H,17,18). The average Bonchev–Trinajstić information content (AvgIpc) is 3.08. The number of nitrogens with zero attached hydrogens (tertiary/aromatic N) is 1. The highest BCUT2D eigenvalue weighted by Crippen LogP contribution is 2.32. The van der Waals surface area contributed by atoms with Gasteiger partial charge in [0.2, 0.25) is 5.91 Å². The molecule has 0 radical (unpaired) electrons. The van der Waals surface area contributed by atoms with Crippen LogP contribution in [0.25, 0.3) is 0 Å². The molecule has 1 saturated carbocycles. The number of nitrogens with one attached hydrogen (secondary N) is 1. The number of aliphatic carboxylic acids is 1. The topological polar surface area (TPSA) is 69.6 Å². The van der Waals surface area contributed by atoms with Crippen LogP contribution in [0, 0.1) is 0 Å². The third-order valence-corrected chi connectivity index (χ3v) is 4.91. The minimum absolute atomic E-state index is 0.0241. The first-order chi connectivity index (χ1) is 9.13. The molecule has 5 nitrogen and oxygen atoms in total. The van der Waals surface area contributed by atoms with E-state index in [0.717, 1.165) is 12.8 Å². The smallest absolute Gasteiger partial charge is 0.327 e. The highest BCUT2D eigenvalue weighted by atomic mass is 32.2. The predicted octanol–water partition coefficient (Wildman–Crippen LogP) is 1.28. The number of hydrogen-bond acceptors (Lipinski definition) is 4. The van der Waals surface area contributed by atoms with Crippen molar-refractivity contribution in [3.05, 3.63) is 0 Å². The molecule has 108 valence electrons. The molecule has 6 heteroatoms. The SMILES string of the molecule is CCCC1SCC(C(=O)O)N1C(=O)CCNC1CC1. The van der Waals surface area contributed by atoms with E-state index in [4.69, 9.17) is 0 Å². The third kappa shape index (κ3) is 3.86. The summed E-state index contributed by atoms with van der Waals surface area (Å²) in [6, 6.07) is -0.0579. The van der Waals surface area contributed by atoms with Gasteiger partial charge >= 0.3 is 5.97 Å². The van der Waals surface area contributed by atoms with Crippen LogP contribution in [0.5, 0.6) is 0 Å². The fraction of sp³-hybridized carbons (Fsp3) is 0.846. The van der Waals surface area contributed by atoms with E-state index in [2.05, 4.69) is 12.2 Å². The maximum Gasteiger partial charge on any atom is 0.327 e. The monoisotopic (exact) mass is 286 g/mol. The number of hydrogen-bond donors (Lipinski definition) is 2. The summed E-state index contributed by atoms with van der Waals surface area (Å²) in [5.74, 6) is -0.388. The lowest BCUT2D eigenvalue weighted by atomic mass is 10.2. The molecular weight excluding hydrogens is 264 g/mol. The van der Waals surface area contributed by atoms with Crippen molar-refractivity contribution in [2.24, 2.45) is 0 Å². The zero-order chi connectivity index (χ0) is 13.8. The highest BCUT2D eigenvalue weighted by Gasteiger charge is 2.40.